The Labute approximate surface area is 103 Å². The third-order valence-corrected chi connectivity index (χ3v) is 3.30. The van der Waals surface area contributed by atoms with Crippen molar-refractivity contribution in [1.29, 1.82) is 0 Å². The minimum atomic E-state index is 0.881. The molecule has 1 N–H and O–H groups in total. The molecule has 1 aliphatic rings. The van der Waals surface area contributed by atoms with Gasteiger partial charge in [-0.3, -0.25) is 0 Å². The van der Waals surface area contributed by atoms with Gasteiger partial charge in [0.15, 0.2) is 0 Å². The zero-order chi connectivity index (χ0) is 12.3. The Morgan fingerprint density at radius 2 is 2.00 bits per heavy atom. The van der Waals surface area contributed by atoms with Crippen molar-refractivity contribution < 1.29 is 0 Å². The molecule has 1 aromatic heterocycles. The van der Waals surface area contributed by atoms with Crippen LogP contribution in [0.5, 0.6) is 0 Å². The molecule has 0 aliphatic carbocycles. The average molecular weight is 234 g/mol. The second-order valence-corrected chi connectivity index (χ2v) is 4.60. The summed E-state index contributed by atoms with van der Waals surface area (Å²) < 4.78 is 0. The lowest BCUT2D eigenvalue weighted by Crippen LogP contribution is -2.30. The maximum absolute atomic E-state index is 4.66. The summed E-state index contributed by atoms with van der Waals surface area (Å²) in [6.07, 6.45) is 2.19. The summed E-state index contributed by atoms with van der Waals surface area (Å²) in [5, 5.41) is 3.43. The SMILES string of the molecule is CCc1c(C)nc(C)nc1N1CCCNCC1. The monoisotopic (exact) mass is 234 g/mol. The summed E-state index contributed by atoms with van der Waals surface area (Å²) in [7, 11) is 0. The minimum Gasteiger partial charge on any atom is -0.355 e. The van der Waals surface area contributed by atoms with Gasteiger partial charge in [-0.05, 0) is 33.2 Å². The van der Waals surface area contributed by atoms with E-state index in [1.54, 1.807) is 0 Å². The predicted molar refractivity (Wildman–Crippen MR) is 70.6 cm³/mol. The Kier molecular flexibility index (Phi) is 3.94. The number of nitrogens with zero attached hydrogens (tertiary/aromatic N) is 3. The van der Waals surface area contributed by atoms with Gasteiger partial charge in [-0.25, -0.2) is 9.97 Å². The zero-order valence-electron chi connectivity index (χ0n) is 11.1. The maximum Gasteiger partial charge on any atom is 0.135 e. The van der Waals surface area contributed by atoms with E-state index in [9.17, 15) is 0 Å². The molecule has 0 saturated carbocycles. The molecule has 1 saturated heterocycles. The van der Waals surface area contributed by atoms with Gasteiger partial charge in [0.2, 0.25) is 0 Å². The Hall–Kier alpha value is -1.16. The van der Waals surface area contributed by atoms with Crippen molar-refractivity contribution in [2.45, 2.75) is 33.6 Å². The van der Waals surface area contributed by atoms with Crippen molar-refractivity contribution in [3.63, 3.8) is 0 Å². The van der Waals surface area contributed by atoms with Crippen molar-refractivity contribution in [2.24, 2.45) is 0 Å². The smallest absolute Gasteiger partial charge is 0.135 e. The highest BCUT2D eigenvalue weighted by molar-refractivity contribution is 5.49. The molecular weight excluding hydrogens is 212 g/mol. The molecule has 1 fully saturated rings. The maximum atomic E-state index is 4.66. The highest BCUT2D eigenvalue weighted by atomic mass is 15.2. The summed E-state index contributed by atoms with van der Waals surface area (Å²) in [5.74, 6) is 2.04. The summed E-state index contributed by atoms with van der Waals surface area (Å²) >= 11 is 0. The molecular formula is C13H22N4. The van der Waals surface area contributed by atoms with Crippen molar-refractivity contribution in [3.05, 3.63) is 17.1 Å². The molecule has 4 nitrogen and oxygen atoms in total. The van der Waals surface area contributed by atoms with Gasteiger partial charge in [0, 0.05) is 30.9 Å². The van der Waals surface area contributed by atoms with E-state index in [1.807, 2.05) is 6.92 Å². The van der Waals surface area contributed by atoms with Gasteiger partial charge < -0.3 is 10.2 Å². The van der Waals surface area contributed by atoms with Gasteiger partial charge in [-0.15, -0.1) is 0 Å². The Morgan fingerprint density at radius 3 is 2.76 bits per heavy atom. The molecule has 1 aliphatic heterocycles. The molecule has 2 rings (SSSR count). The van der Waals surface area contributed by atoms with Gasteiger partial charge >= 0.3 is 0 Å². The van der Waals surface area contributed by atoms with E-state index in [2.05, 4.69) is 34.0 Å². The Bertz CT molecular complexity index is 381. The number of hydrogen-bond donors (Lipinski definition) is 1. The van der Waals surface area contributed by atoms with Crippen LogP contribution in [0.2, 0.25) is 0 Å². The standard InChI is InChI=1S/C13H22N4/c1-4-12-10(2)15-11(3)16-13(12)17-8-5-6-14-7-9-17/h14H,4-9H2,1-3H3. The van der Waals surface area contributed by atoms with Gasteiger partial charge in [-0.2, -0.15) is 0 Å². The lowest BCUT2D eigenvalue weighted by Gasteiger charge is -2.24. The number of aryl methyl sites for hydroxylation is 2. The summed E-state index contributed by atoms with van der Waals surface area (Å²) in [5.41, 5.74) is 2.43. The number of anilines is 1. The van der Waals surface area contributed by atoms with E-state index >= 15 is 0 Å². The van der Waals surface area contributed by atoms with Crippen LogP contribution in [0, 0.1) is 13.8 Å². The molecule has 0 radical (unpaired) electrons. The van der Waals surface area contributed by atoms with E-state index in [-0.39, 0.29) is 0 Å². The van der Waals surface area contributed by atoms with Crippen LogP contribution in [0.25, 0.3) is 0 Å². The quantitative estimate of drug-likeness (QED) is 0.841. The molecule has 94 valence electrons. The molecule has 0 amide bonds. The van der Waals surface area contributed by atoms with Crippen molar-refractivity contribution in [2.75, 3.05) is 31.1 Å². The van der Waals surface area contributed by atoms with E-state index < -0.39 is 0 Å². The Morgan fingerprint density at radius 1 is 1.18 bits per heavy atom. The highest BCUT2D eigenvalue weighted by Gasteiger charge is 2.16. The van der Waals surface area contributed by atoms with E-state index in [1.165, 1.54) is 12.0 Å². The van der Waals surface area contributed by atoms with Crippen LogP contribution in [0.15, 0.2) is 0 Å². The predicted octanol–water partition coefficient (Wildman–Crippen LogP) is 1.46. The topological polar surface area (TPSA) is 41.1 Å². The summed E-state index contributed by atoms with van der Waals surface area (Å²) in [4.78, 5) is 11.5. The van der Waals surface area contributed by atoms with Gasteiger partial charge in [0.05, 0.1) is 0 Å². The zero-order valence-corrected chi connectivity index (χ0v) is 11.1. The minimum absolute atomic E-state index is 0.881. The van der Waals surface area contributed by atoms with Crippen LogP contribution >= 0.6 is 0 Å². The Balaban J connectivity index is 2.34. The molecule has 4 heteroatoms. The van der Waals surface area contributed by atoms with Gasteiger partial charge in [0.25, 0.3) is 0 Å². The molecule has 0 bridgehead atoms. The van der Waals surface area contributed by atoms with Gasteiger partial charge in [0.1, 0.15) is 11.6 Å². The largest absolute Gasteiger partial charge is 0.355 e. The normalized spacial score (nSPS) is 17.0. The van der Waals surface area contributed by atoms with Crippen molar-refractivity contribution in [3.8, 4) is 0 Å². The van der Waals surface area contributed by atoms with Crippen LogP contribution in [-0.2, 0) is 6.42 Å². The molecule has 17 heavy (non-hydrogen) atoms. The van der Waals surface area contributed by atoms with Crippen molar-refractivity contribution >= 4 is 5.82 Å². The highest BCUT2D eigenvalue weighted by Crippen LogP contribution is 2.21. The van der Waals surface area contributed by atoms with Crippen LogP contribution in [0.3, 0.4) is 0 Å². The van der Waals surface area contributed by atoms with Crippen LogP contribution < -0.4 is 10.2 Å². The van der Waals surface area contributed by atoms with E-state index in [0.717, 1.165) is 49.9 Å². The van der Waals surface area contributed by atoms with Crippen LogP contribution in [0.4, 0.5) is 5.82 Å². The first-order chi connectivity index (χ1) is 8.22. The fraction of sp³-hybridized carbons (Fsp3) is 0.692. The summed E-state index contributed by atoms with van der Waals surface area (Å²) in [6, 6.07) is 0. The van der Waals surface area contributed by atoms with Crippen LogP contribution in [0.1, 0.15) is 30.4 Å². The van der Waals surface area contributed by atoms with Crippen LogP contribution in [-0.4, -0.2) is 36.1 Å². The lowest BCUT2D eigenvalue weighted by molar-refractivity contribution is 0.724. The number of nitrogens with one attached hydrogen (secondary N) is 1. The molecule has 0 aromatic carbocycles. The summed E-state index contributed by atoms with van der Waals surface area (Å²) in [6.45, 7) is 10.5. The first kappa shape index (κ1) is 12.3. The third kappa shape index (κ3) is 2.75. The van der Waals surface area contributed by atoms with Crippen molar-refractivity contribution in [1.82, 2.24) is 15.3 Å². The second kappa shape index (κ2) is 5.45. The number of aromatic nitrogens is 2. The first-order valence-electron chi connectivity index (χ1n) is 6.52. The third-order valence-electron chi connectivity index (χ3n) is 3.30. The van der Waals surface area contributed by atoms with E-state index in [4.69, 9.17) is 0 Å². The van der Waals surface area contributed by atoms with E-state index in [0.29, 0.717) is 0 Å². The average Bonchev–Trinajstić information content (AvgIpc) is 2.56. The molecule has 2 heterocycles. The molecule has 0 unspecified atom stereocenters. The lowest BCUT2D eigenvalue weighted by atomic mass is 10.1. The molecule has 1 aromatic rings. The fourth-order valence-electron chi connectivity index (χ4n) is 2.45. The number of rotatable bonds is 2. The number of hydrogen-bond acceptors (Lipinski definition) is 4. The molecule has 0 atom stereocenters. The molecule has 0 spiro atoms. The fourth-order valence-corrected chi connectivity index (χ4v) is 2.45. The first-order valence-corrected chi connectivity index (χ1v) is 6.52. The second-order valence-electron chi connectivity index (χ2n) is 4.60. The van der Waals surface area contributed by atoms with Gasteiger partial charge in [-0.1, -0.05) is 6.92 Å².